The zero-order valence-electron chi connectivity index (χ0n) is 7.76. The van der Waals surface area contributed by atoms with E-state index in [9.17, 15) is 4.79 Å². The highest BCUT2D eigenvalue weighted by molar-refractivity contribution is 9.10. The molecule has 1 aromatic heterocycles. The minimum atomic E-state index is -1.20. The molecule has 0 radical (unpaired) electrons. The van der Waals surface area contributed by atoms with E-state index < -0.39 is 5.97 Å². The van der Waals surface area contributed by atoms with Crippen LogP contribution < -0.4 is 0 Å². The number of rotatable bonds is 2. The summed E-state index contributed by atoms with van der Waals surface area (Å²) in [5, 5.41) is 16.2. The molecule has 5 nitrogen and oxygen atoms in total. The molecule has 0 spiro atoms. The number of carboxylic acid groups (broad SMARTS) is 1. The van der Waals surface area contributed by atoms with Gasteiger partial charge in [0.2, 0.25) is 5.69 Å². The number of halogens is 2. The zero-order valence-corrected chi connectivity index (χ0v) is 10.1. The Morgan fingerprint density at radius 3 is 2.44 bits per heavy atom. The van der Waals surface area contributed by atoms with E-state index >= 15 is 0 Å². The summed E-state index contributed by atoms with van der Waals surface area (Å²) >= 11 is 8.93. The van der Waals surface area contributed by atoms with Crippen molar-refractivity contribution in [2.24, 2.45) is 0 Å². The molecule has 0 aliphatic carbocycles. The molecule has 1 heterocycles. The van der Waals surface area contributed by atoms with Gasteiger partial charge in [0, 0.05) is 4.47 Å². The minimum absolute atomic E-state index is 0.129. The van der Waals surface area contributed by atoms with Crippen molar-refractivity contribution in [3.8, 4) is 5.69 Å². The summed E-state index contributed by atoms with van der Waals surface area (Å²) in [6.07, 6.45) is 0. The molecular formula is C9H5BrClN3O2. The van der Waals surface area contributed by atoms with Crippen LogP contribution in [0.15, 0.2) is 28.7 Å². The number of aromatic nitrogens is 3. The quantitative estimate of drug-likeness (QED) is 0.925. The van der Waals surface area contributed by atoms with Gasteiger partial charge in [-0.15, -0.1) is 15.0 Å². The van der Waals surface area contributed by atoms with E-state index in [0.717, 1.165) is 4.47 Å². The van der Waals surface area contributed by atoms with Crippen LogP contribution in [-0.2, 0) is 0 Å². The topological polar surface area (TPSA) is 68.0 Å². The second-order valence-electron chi connectivity index (χ2n) is 2.91. The lowest BCUT2D eigenvalue weighted by Gasteiger charge is -1.98. The highest BCUT2D eigenvalue weighted by Gasteiger charge is 2.16. The monoisotopic (exact) mass is 301 g/mol. The predicted octanol–water partition coefficient (Wildman–Crippen LogP) is 2.38. The van der Waals surface area contributed by atoms with Crippen molar-refractivity contribution in [2.75, 3.05) is 0 Å². The van der Waals surface area contributed by atoms with E-state index in [2.05, 4.69) is 26.1 Å². The first-order valence-corrected chi connectivity index (χ1v) is 5.37. The Labute approximate surface area is 104 Å². The van der Waals surface area contributed by atoms with Crippen molar-refractivity contribution in [1.82, 2.24) is 15.0 Å². The van der Waals surface area contributed by atoms with Gasteiger partial charge in [-0.05, 0) is 24.3 Å². The molecule has 1 N–H and O–H groups in total. The Morgan fingerprint density at radius 2 is 1.94 bits per heavy atom. The number of benzene rings is 1. The zero-order chi connectivity index (χ0) is 11.7. The van der Waals surface area contributed by atoms with Gasteiger partial charge in [0.05, 0.1) is 5.69 Å². The Kier molecular flexibility index (Phi) is 2.93. The van der Waals surface area contributed by atoms with Crippen LogP contribution in [-0.4, -0.2) is 26.1 Å². The van der Waals surface area contributed by atoms with Crippen LogP contribution in [0, 0.1) is 0 Å². The molecule has 0 fully saturated rings. The van der Waals surface area contributed by atoms with E-state index in [0.29, 0.717) is 5.69 Å². The molecule has 0 aliphatic rings. The number of hydrogen-bond acceptors (Lipinski definition) is 3. The molecule has 0 bridgehead atoms. The SMILES string of the molecule is O=C(O)c1nn(-c2ccc(Br)cc2)nc1Cl. The van der Waals surface area contributed by atoms with E-state index in [1.54, 1.807) is 24.3 Å². The summed E-state index contributed by atoms with van der Waals surface area (Å²) in [7, 11) is 0. The summed E-state index contributed by atoms with van der Waals surface area (Å²) in [5.74, 6) is -1.20. The minimum Gasteiger partial charge on any atom is -0.476 e. The lowest BCUT2D eigenvalue weighted by Crippen LogP contribution is -2.02. The smallest absolute Gasteiger partial charge is 0.359 e. The van der Waals surface area contributed by atoms with Gasteiger partial charge < -0.3 is 5.11 Å². The summed E-state index contributed by atoms with van der Waals surface area (Å²) in [4.78, 5) is 11.9. The van der Waals surface area contributed by atoms with Crippen molar-refractivity contribution in [3.63, 3.8) is 0 Å². The summed E-state index contributed by atoms with van der Waals surface area (Å²) < 4.78 is 0.910. The summed E-state index contributed by atoms with van der Waals surface area (Å²) in [6.45, 7) is 0. The third kappa shape index (κ3) is 2.07. The van der Waals surface area contributed by atoms with Crippen molar-refractivity contribution >= 4 is 33.5 Å². The van der Waals surface area contributed by atoms with Crippen LogP contribution in [0.2, 0.25) is 5.15 Å². The van der Waals surface area contributed by atoms with E-state index in [4.69, 9.17) is 16.7 Å². The van der Waals surface area contributed by atoms with Gasteiger partial charge in [0.25, 0.3) is 0 Å². The lowest BCUT2D eigenvalue weighted by atomic mass is 10.3. The molecule has 82 valence electrons. The van der Waals surface area contributed by atoms with E-state index in [1.807, 2.05) is 0 Å². The normalized spacial score (nSPS) is 10.4. The third-order valence-corrected chi connectivity index (χ3v) is 2.62. The first-order chi connectivity index (χ1) is 7.58. The van der Waals surface area contributed by atoms with Gasteiger partial charge in [0.15, 0.2) is 5.15 Å². The maximum atomic E-state index is 10.7. The molecule has 1 aromatic carbocycles. The molecule has 7 heteroatoms. The van der Waals surface area contributed by atoms with Crippen LogP contribution >= 0.6 is 27.5 Å². The molecule has 16 heavy (non-hydrogen) atoms. The number of carboxylic acids is 1. The highest BCUT2D eigenvalue weighted by Crippen LogP contribution is 2.16. The van der Waals surface area contributed by atoms with Gasteiger partial charge in [-0.25, -0.2) is 4.79 Å². The molecule has 0 atom stereocenters. The third-order valence-electron chi connectivity index (χ3n) is 1.83. The van der Waals surface area contributed by atoms with Gasteiger partial charge in [-0.2, -0.15) is 0 Å². The summed E-state index contributed by atoms with van der Waals surface area (Å²) in [5.41, 5.74) is 0.377. The Balaban J connectivity index is 2.45. The molecule has 2 rings (SSSR count). The average molecular weight is 303 g/mol. The maximum absolute atomic E-state index is 10.7. The standard InChI is InChI=1S/C9H5BrClN3O2/c10-5-1-3-6(4-2-5)14-12-7(9(15)16)8(11)13-14/h1-4H,(H,15,16). The Morgan fingerprint density at radius 1 is 1.31 bits per heavy atom. The highest BCUT2D eigenvalue weighted by atomic mass is 79.9. The van der Waals surface area contributed by atoms with Crippen molar-refractivity contribution in [3.05, 3.63) is 39.6 Å². The van der Waals surface area contributed by atoms with Crippen LogP contribution in [0.3, 0.4) is 0 Å². The van der Waals surface area contributed by atoms with Gasteiger partial charge in [-0.1, -0.05) is 27.5 Å². The Hall–Kier alpha value is -1.40. The molecule has 2 aromatic rings. The fourth-order valence-corrected chi connectivity index (χ4v) is 1.56. The molecule has 0 saturated carbocycles. The molecule has 0 aliphatic heterocycles. The largest absolute Gasteiger partial charge is 0.476 e. The van der Waals surface area contributed by atoms with Gasteiger partial charge in [0.1, 0.15) is 0 Å². The van der Waals surface area contributed by atoms with E-state index in [-0.39, 0.29) is 10.8 Å². The van der Waals surface area contributed by atoms with Crippen LogP contribution in [0.5, 0.6) is 0 Å². The number of hydrogen-bond donors (Lipinski definition) is 1. The fourth-order valence-electron chi connectivity index (χ4n) is 1.11. The van der Waals surface area contributed by atoms with Crippen molar-refractivity contribution in [1.29, 1.82) is 0 Å². The van der Waals surface area contributed by atoms with Crippen molar-refractivity contribution < 1.29 is 9.90 Å². The second-order valence-corrected chi connectivity index (χ2v) is 4.18. The van der Waals surface area contributed by atoms with E-state index in [1.165, 1.54) is 4.80 Å². The van der Waals surface area contributed by atoms with Crippen LogP contribution in [0.25, 0.3) is 5.69 Å². The van der Waals surface area contributed by atoms with Gasteiger partial charge >= 0.3 is 5.97 Å². The molecule has 0 unspecified atom stereocenters. The first kappa shape index (κ1) is 11.1. The number of carbonyl (C=O) groups is 1. The molecular weight excluding hydrogens is 297 g/mol. The number of aromatic carboxylic acids is 1. The van der Waals surface area contributed by atoms with Gasteiger partial charge in [-0.3, -0.25) is 0 Å². The number of nitrogens with zero attached hydrogens (tertiary/aromatic N) is 3. The van der Waals surface area contributed by atoms with Crippen LogP contribution in [0.4, 0.5) is 0 Å². The lowest BCUT2D eigenvalue weighted by molar-refractivity contribution is 0.0690. The van der Waals surface area contributed by atoms with Crippen molar-refractivity contribution in [2.45, 2.75) is 0 Å². The predicted molar refractivity (Wildman–Crippen MR) is 61.0 cm³/mol. The average Bonchev–Trinajstić information content (AvgIpc) is 2.61. The molecule has 0 saturated heterocycles. The summed E-state index contributed by atoms with van der Waals surface area (Å²) in [6, 6.07) is 7.08. The maximum Gasteiger partial charge on any atom is 0.359 e. The van der Waals surface area contributed by atoms with Crippen LogP contribution in [0.1, 0.15) is 10.5 Å². The molecule has 0 amide bonds. The second kappa shape index (κ2) is 4.23. The fraction of sp³-hybridized carbons (Fsp3) is 0. The first-order valence-electron chi connectivity index (χ1n) is 4.20. The Bertz CT molecular complexity index is 538.